The minimum absolute atomic E-state index is 0.159. The SMILES string of the molecule is O=C(N/N=C/c1cccs1)SSCc1ccccc1. The Morgan fingerprint density at radius 2 is 2.11 bits per heavy atom. The largest absolute Gasteiger partial charge is 0.309 e. The predicted molar refractivity (Wildman–Crippen MR) is 85.8 cm³/mol. The van der Waals surface area contributed by atoms with Crippen LogP contribution < -0.4 is 5.43 Å². The van der Waals surface area contributed by atoms with Gasteiger partial charge in [0.25, 0.3) is 0 Å². The van der Waals surface area contributed by atoms with E-state index in [2.05, 4.69) is 10.5 Å². The molecule has 3 nitrogen and oxygen atoms in total. The molecule has 0 radical (unpaired) electrons. The second kappa shape index (κ2) is 8.04. The summed E-state index contributed by atoms with van der Waals surface area (Å²) in [7, 11) is 2.66. The summed E-state index contributed by atoms with van der Waals surface area (Å²) in [5, 5.41) is 5.70. The standard InChI is InChI=1S/C13H12N2OS3/c16-13(15-14-9-12-7-4-8-17-12)19-18-10-11-5-2-1-3-6-11/h1-9H,10H2,(H,15,16)/b14-9+. The highest BCUT2D eigenvalue weighted by molar-refractivity contribution is 8.81. The van der Waals surface area contributed by atoms with Crippen molar-refractivity contribution < 1.29 is 4.79 Å². The van der Waals surface area contributed by atoms with Crippen molar-refractivity contribution in [2.45, 2.75) is 5.75 Å². The first-order chi connectivity index (χ1) is 9.34. The Hall–Kier alpha value is -1.24. The van der Waals surface area contributed by atoms with Gasteiger partial charge in [0.1, 0.15) is 0 Å². The third kappa shape index (κ3) is 5.50. The Morgan fingerprint density at radius 1 is 1.26 bits per heavy atom. The molecule has 1 N–H and O–H groups in total. The molecule has 0 saturated carbocycles. The van der Waals surface area contributed by atoms with Crippen molar-refractivity contribution in [1.29, 1.82) is 0 Å². The van der Waals surface area contributed by atoms with Crippen molar-refractivity contribution in [2.75, 3.05) is 0 Å². The van der Waals surface area contributed by atoms with Crippen LogP contribution in [0.3, 0.4) is 0 Å². The van der Waals surface area contributed by atoms with Crippen LogP contribution in [0.5, 0.6) is 0 Å². The highest BCUT2D eigenvalue weighted by atomic mass is 33.1. The quantitative estimate of drug-likeness (QED) is 0.506. The van der Waals surface area contributed by atoms with Crippen LogP contribution >= 0.6 is 32.9 Å². The van der Waals surface area contributed by atoms with Crippen LogP contribution in [0.4, 0.5) is 4.79 Å². The van der Waals surface area contributed by atoms with Gasteiger partial charge in [0, 0.05) is 21.4 Å². The molecule has 0 fully saturated rings. The van der Waals surface area contributed by atoms with Crippen LogP contribution in [-0.2, 0) is 5.75 Å². The Labute approximate surface area is 123 Å². The molecule has 2 aromatic rings. The first-order valence-electron chi connectivity index (χ1n) is 5.54. The van der Waals surface area contributed by atoms with Gasteiger partial charge in [0.2, 0.25) is 0 Å². The number of hydrazone groups is 1. The number of nitrogens with one attached hydrogen (secondary N) is 1. The van der Waals surface area contributed by atoms with Crippen molar-refractivity contribution >= 4 is 44.4 Å². The molecule has 0 aliphatic carbocycles. The lowest BCUT2D eigenvalue weighted by Gasteiger charge is -1.99. The summed E-state index contributed by atoms with van der Waals surface area (Å²) in [6, 6.07) is 13.9. The van der Waals surface area contributed by atoms with E-state index < -0.39 is 0 Å². The number of hydrogen-bond acceptors (Lipinski definition) is 5. The smallest absolute Gasteiger partial charge is 0.259 e. The summed E-state index contributed by atoms with van der Waals surface area (Å²) in [4.78, 5) is 12.5. The van der Waals surface area contributed by atoms with E-state index in [1.54, 1.807) is 17.6 Å². The first kappa shape index (κ1) is 14.2. The highest BCUT2D eigenvalue weighted by Crippen LogP contribution is 2.26. The summed E-state index contributed by atoms with van der Waals surface area (Å²) in [6.07, 6.45) is 1.64. The molecular weight excluding hydrogens is 296 g/mol. The Balaban J connectivity index is 1.65. The van der Waals surface area contributed by atoms with E-state index in [9.17, 15) is 4.79 Å². The maximum absolute atomic E-state index is 11.5. The summed E-state index contributed by atoms with van der Waals surface area (Å²) in [5.41, 5.74) is 3.69. The van der Waals surface area contributed by atoms with Crippen molar-refractivity contribution in [3.63, 3.8) is 0 Å². The van der Waals surface area contributed by atoms with Gasteiger partial charge in [-0.15, -0.1) is 11.3 Å². The van der Waals surface area contributed by atoms with Crippen LogP contribution in [-0.4, -0.2) is 11.5 Å². The van der Waals surface area contributed by atoms with Crippen LogP contribution in [0.1, 0.15) is 10.4 Å². The molecule has 0 bridgehead atoms. The fourth-order valence-corrected chi connectivity index (χ4v) is 3.44. The van der Waals surface area contributed by atoms with Gasteiger partial charge in [0.05, 0.1) is 6.21 Å². The molecule has 6 heteroatoms. The normalized spacial score (nSPS) is 10.7. The Bertz CT molecular complexity index is 526. The summed E-state index contributed by atoms with van der Waals surface area (Å²) >= 11 is 1.58. The highest BCUT2D eigenvalue weighted by Gasteiger charge is 2.01. The lowest BCUT2D eigenvalue weighted by molar-refractivity contribution is 0.261. The molecule has 0 spiro atoms. The van der Waals surface area contributed by atoms with Gasteiger partial charge in [0.15, 0.2) is 0 Å². The third-order valence-electron chi connectivity index (χ3n) is 2.09. The van der Waals surface area contributed by atoms with E-state index in [4.69, 9.17) is 0 Å². The summed E-state index contributed by atoms with van der Waals surface area (Å²) in [6.45, 7) is 0. The zero-order chi connectivity index (χ0) is 13.3. The molecule has 0 atom stereocenters. The average Bonchev–Trinajstić information content (AvgIpc) is 2.93. The van der Waals surface area contributed by atoms with E-state index in [0.717, 1.165) is 21.4 Å². The monoisotopic (exact) mass is 308 g/mol. The lowest BCUT2D eigenvalue weighted by Crippen LogP contribution is -2.09. The molecule has 1 amide bonds. The number of rotatable bonds is 5. The van der Waals surface area contributed by atoms with Gasteiger partial charge < -0.3 is 0 Å². The fourth-order valence-electron chi connectivity index (χ4n) is 1.26. The van der Waals surface area contributed by atoms with Gasteiger partial charge >= 0.3 is 5.24 Å². The van der Waals surface area contributed by atoms with E-state index in [0.29, 0.717) is 0 Å². The fraction of sp³-hybridized carbons (Fsp3) is 0.0769. The number of hydrogen-bond donors (Lipinski definition) is 1. The molecule has 1 aromatic heterocycles. The van der Waals surface area contributed by atoms with Gasteiger partial charge in [-0.2, -0.15) is 5.10 Å². The first-order valence-corrected chi connectivity index (χ1v) is 8.74. The molecule has 0 saturated heterocycles. The average molecular weight is 308 g/mol. The molecule has 2 rings (SSSR count). The number of thiophene rings is 1. The van der Waals surface area contributed by atoms with Gasteiger partial charge in [-0.1, -0.05) is 47.2 Å². The number of nitrogens with zero attached hydrogens (tertiary/aromatic N) is 1. The minimum Gasteiger partial charge on any atom is -0.259 e. The number of benzene rings is 1. The van der Waals surface area contributed by atoms with E-state index in [1.807, 2.05) is 47.8 Å². The lowest BCUT2D eigenvalue weighted by atomic mass is 10.2. The second-order valence-corrected chi connectivity index (χ2v) is 6.75. The van der Waals surface area contributed by atoms with Crippen molar-refractivity contribution in [2.24, 2.45) is 5.10 Å². The van der Waals surface area contributed by atoms with E-state index >= 15 is 0 Å². The molecule has 0 aliphatic heterocycles. The molecule has 0 unspecified atom stereocenters. The van der Waals surface area contributed by atoms with Crippen LogP contribution in [0, 0.1) is 0 Å². The van der Waals surface area contributed by atoms with Crippen LogP contribution in [0.2, 0.25) is 0 Å². The molecule has 19 heavy (non-hydrogen) atoms. The Kier molecular flexibility index (Phi) is 6.00. The maximum Gasteiger partial charge on any atom is 0.309 e. The van der Waals surface area contributed by atoms with Crippen molar-refractivity contribution in [3.8, 4) is 0 Å². The predicted octanol–water partition coefficient (Wildman–Crippen LogP) is 4.37. The zero-order valence-corrected chi connectivity index (χ0v) is 12.4. The summed E-state index contributed by atoms with van der Waals surface area (Å²) < 4.78 is 0. The van der Waals surface area contributed by atoms with E-state index in [1.165, 1.54) is 16.4 Å². The van der Waals surface area contributed by atoms with Gasteiger partial charge in [-0.25, -0.2) is 5.43 Å². The van der Waals surface area contributed by atoms with Crippen molar-refractivity contribution in [1.82, 2.24) is 5.43 Å². The third-order valence-corrected chi connectivity index (χ3v) is 4.87. The molecule has 98 valence electrons. The van der Waals surface area contributed by atoms with Crippen molar-refractivity contribution in [3.05, 3.63) is 58.3 Å². The topological polar surface area (TPSA) is 41.5 Å². The number of carbonyl (C=O) groups excluding carboxylic acids is 1. The van der Waals surface area contributed by atoms with Gasteiger partial charge in [-0.3, -0.25) is 4.79 Å². The molecule has 1 aromatic carbocycles. The maximum atomic E-state index is 11.5. The van der Waals surface area contributed by atoms with Gasteiger partial charge in [-0.05, 0) is 17.0 Å². The zero-order valence-electron chi connectivity index (χ0n) is 9.98. The molecule has 0 aliphatic rings. The Morgan fingerprint density at radius 3 is 2.84 bits per heavy atom. The second-order valence-electron chi connectivity index (χ2n) is 3.50. The minimum atomic E-state index is -0.159. The number of amides is 1. The summed E-state index contributed by atoms with van der Waals surface area (Å²) in [5.74, 6) is 0.799. The molecule has 1 heterocycles. The number of carbonyl (C=O) groups is 1. The van der Waals surface area contributed by atoms with Crippen LogP contribution in [0.15, 0.2) is 52.9 Å². The molecular formula is C13H12N2OS3. The van der Waals surface area contributed by atoms with Crippen LogP contribution in [0.25, 0.3) is 0 Å². The van der Waals surface area contributed by atoms with E-state index in [-0.39, 0.29) is 5.24 Å².